The van der Waals surface area contributed by atoms with Crippen molar-refractivity contribution in [1.29, 1.82) is 0 Å². The van der Waals surface area contributed by atoms with Gasteiger partial charge >= 0.3 is 0 Å². The average molecular weight is 404 g/mol. The van der Waals surface area contributed by atoms with Crippen molar-refractivity contribution in [2.45, 2.75) is 13.0 Å². The van der Waals surface area contributed by atoms with Gasteiger partial charge in [0, 0.05) is 16.3 Å². The highest BCUT2D eigenvalue weighted by atomic mass is 35.5. The van der Waals surface area contributed by atoms with E-state index >= 15 is 0 Å². The van der Waals surface area contributed by atoms with Crippen molar-refractivity contribution in [3.8, 4) is 0 Å². The van der Waals surface area contributed by atoms with E-state index in [-0.39, 0.29) is 11.3 Å². The molecule has 1 aliphatic rings. The minimum atomic E-state index is -0.755. The quantitative estimate of drug-likeness (QED) is 0.368. The maximum atomic E-state index is 13.0. The Hall–Kier alpha value is -3.37. The number of rotatable bonds is 3. The molecule has 1 amide bonds. The van der Waals surface area contributed by atoms with Crippen LogP contribution >= 0.6 is 11.6 Å². The molecule has 0 radical (unpaired) electrons. The van der Waals surface area contributed by atoms with E-state index in [1.165, 1.54) is 4.90 Å². The molecule has 0 bridgehead atoms. The lowest BCUT2D eigenvalue weighted by Gasteiger charge is -2.25. The molecule has 1 aliphatic heterocycles. The van der Waals surface area contributed by atoms with Crippen molar-refractivity contribution >= 4 is 34.7 Å². The highest BCUT2D eigenvalue weighted by Crippen LogP contribution is 2.42. The number of hydrogen-bond acceptors (Lipinski definition) is 3. The molecule has 0 unspecified atom stereocenters. The van der Waals surface area contributed by atoms with E-state index in [1.54, 1.807) is 54.6 Å². The number of benzene rings is 3. The number of amides is 1. The summed E-state index contributed by atoms with van der Waals surface area (Å²) in [5, 5.41) is 11.5. The Bertz CT molecular complexity index is 1120. The summed E-state index contributed by atoms with van der Waals surface area (Å²) in [6.07, 6.45) is 0. The summed E-state index contributed by atoms with van der Waals surface area (Å²) in [6, 6.07) is 22.3. The van der Waals surface area contributed by atoms with Gasteiger partial charge in [-0.3, -0.25) is 14.5 Å². The van der Waals surface area contributed by atoms with E-state index in [0.717, 1.165) is 5.56 Å². The third-order valence-corrected chi connectivity index (χ3v) is 5.21. The van der Waals surface area contributed by atoms with Gasteiger partial charge in [0.1, 0.15) is 5.76 Å². The van der Waals surface area contributed by atoms with Crippen molar-refractivity contribution in [2.24, 2.45) is 0 Å². The summed E-state index contributed by atoms with van der Waals surface area (Å²) in [5.74, 6) is -1.58. The van der Waals surface area contributed by atoms with Gasteiger partial charge in [-0.1, -0.05) is 66.2 Å². The van der Waals surface area contributed by atoms with Crippen molar-refractivity contribution in [1.82, 2.24) is 0 Å². The van der Waals surface area contributed by atoms with Crippen LogP contribution in [0, 0.1) is 6.92 Å². The zero-order valence-corrected chi connectivity index (χ0v) is 16.4. The van der Waals surface area contributed by atoms with Crippen molar-refractivity contribution in [3.63, 3.8) is 0 Å². The second-order valence-corrected chi connectivity index (χ2v) is 7.36. The summed E-state index contributed by atoms with van der Waals surface area (Å²) in [5.41, 5.74) is 2.78. The van der Waals surface area contributed by atoms with Gasteiger partial charge in [0.05, 0.1) is 11.6 Å². The van der Waals surface area contributed by atoms with Gasteiger partial charge in [-0.2, -0.15) is 0 Å². The number of aliphatic hydroxyl groups is 1. The maximum absolute atomic E-state index is 13.0. The van der Waals surface area contributed by atoms with Gasteiger partial charge in [-0.05, 0) is 42.3 Å². The molecule has 3 aromatic rings. The molecule has 1 saturated heterocycles. The molecular weight excluding hydrogens is 386 g/mol. The highest BCUT2D eigenvalue weighted by Gasteiger charge is 2.46. The highest BCUT2D eigenvalue weighted by molar-refractivity contribution is 6.51. The van der Waals surface area contributed by atoms with Crippen LogP contribution in [-0.4, -0.2) is 16.8 Å². The molecule has 3 aromatic carbocycles. The lowest BCUT2D eigenvalue weighted by atomic mass is 9.95. The second-order valence-electron chi connectivity index (χ2n) is 6.93. The number of carbonyl (C=O) groups is 2. The van der Waals surface area contributed by atoms with Crippen LogP contribution in [0.4, 0.5) is 5.69 Å². The van der Waals surface area contributed by atoms with Crippen LogP contribution in [0.1, 0.15) is 22.7 Å². The van der Waals surface area contributed by atoms with Crippen molar-refractivity contribution in [2.75, 3.05) is 4.90 Å². The Balaban J connectivity index is 1.96. The molecule has 0 spiro atoms. The van der Waals surface area contributed by atoms with Crippen LogP contribution in [0.2, 0.25) is 5.02 Å². The number of halogens is 1. The summed E-state index contributed by atoms with van der Waals surface area (Å²) in [6.45, 7) is 1.92. The zero-order chi connectivity index (χ0) is 20.5. The normalized spacial score (nSPS) is 18.3. The lowest BCUT2D eigenvalue weighted by molar-refractivity contribution is -0.132. The first-order valence-corrected chi connectivity index (χ1v) is 9.53. The van der Waals surface area contributed by atoms with Gasteiger partial charge in [0.25, 0.3) is 11.7 Å². The van der Waals surface area contributed by atoms with Crippen LogP contribution in [0.5, 0.6) is 0 Å². The van der Waals surface area contributed by atoms with Crippen LogP contribution in [-0.2, 0) is 9.59 Å². The Kier molecular flexibility index (Phi) is 4.95. The van der Waals surface area contributed by atoms with Gasteiger partial charge in [0.15, 0.2) is 0 Å². The molecule has 1 fully saturated rings. The third kappa shape index (κ3) is 3.43. The number of Topliss-reactive ketones (excluding diaryl/α,β-unsaturated/α-hetero) is 1. The summed E-state index contributed by atoms with van der Waals surface area (Å²) in [7, 11) is 0. The first kappa shape index (κ1) is 19.0. The Morgan fingerprint density at radius 1 is 0.931 bits per heavy atom. The Morgan fingerprint density at radius 3 is 2.28 bits per heavy atom. The van der Waals surface area contributed by atoms with E-state index in [9.17, 15) is 14.7 Å². The average Bonchev–Trinajstić information content (AvgIpc) is 2.99. The SMILES string of the molecule is Cc1cccc(N2C(=O)C(=O)/C(=C(/O)c3ccccc3)[C@H]2c2ccc(Cl)cc2)c1. The van der Waals surface area contributed by atoms with Crippen molar-refractivity contribution in [3.05, 3.63) is 106 Å². The number of nitrogens with zero attached hydrogens (tertiary/aromatic N) is 1. The number of aliphatic hydroxyl groups excluding tert-OH is 1. The van der Waals surface area contributed by atoms with Gasteiger partial charge in [-0.25, -0.2) is 0 Å². The van der Waals surface area contributed by atoms with Crippen LogP contribution in [0.3, 0.4) is 0 Å². The molecule has 144 valence electrons. The predicted octanol–water partition coefficient (Wildman–Crippen LogP) is 5.27. The molecule has 0 saturated carbocycles. The number of carbonyl (C=O) groups excluding carboxylic acids is 2. The second kappa shape index (κ2) is 7.57. The number of aryl methyl sites for hydroxylation is 1. The number of anilines is 1. The van der Waals surface area contributed by atoms with E-state index in [0.29, 0.717) is 21.8 Å². The lowest BCUT2D eigenvalue weighted by Crippen LogP contribution is -2.29. The third-order valence-electron chi connectivity index (χ3n) is 4.96. The van der Waals surface area contributed by atoms with E-state index in [2.05, 4.69) is 0 Å². The zero-order valence-electron chi connectivity index (χ0n) is 15.7. The smallest absolute Gasteiger partial charge is 0.300 e. The first-order chi connectivity index (χ1) is 14.0. The molecular formula is C24H18ClNO3. The van der Waals surface area contributed by atoms with E-state index in [1.807, 2.05) is 31.2 Å². The van der Waals surface area contributed by atoms with Crippen molar-refractivity contribution < 1.29 is 14.7 Å². The fraction of sp³-hybridized carbons (Fsp3) is 0.0833. The molecule has 4 nitrogen and oxygen atoms in total. The Labute approximate surface area is 173 Å². The summed E-state index contributed by atoms with van der Waals surface area (Å²) in [4.78, 5) is 27.5. The van der Waals surface area contributed by atoms with E-state index in [4.69, 9.17) is 11.6 Å². The van der Waals surface area contributed by atoms with Gasteiger partial charge in [0.2, 0.25) is 0 Å². The first-order valence-electron chi connectivity index (χ1n) is 9.16. The van der Waals surface area contributed by atoms with Gasteiger partial charge < -0.3 is 5.11 Å². The fourth-order valence-corrected chi connectivity index (χ4v) is 3.71. The standard InChI is InChI=1S/C24H18ClNO3/c1-15-6-5-9-19(14-15)26-21(16-10-12-18(25)13-11-16)20(23(28)24(26)29)22(27)17-7-3-2-4-8-17/h2-14,21,27H,1H3/b22-20+/t21-/m1/s1. The maximum Gasteiger partial charge on any atom is 0.300 e. The minimum Gasteiger partial charge on any atom is -0.507 e. The van der Waals surface area contributed by atoms with Crippen LogP contribution in [0.25, 0.3) is 5.76 Å². The van der Waals surface area contributed by atoms with E-state index < -0.39 is 17.7 Å². The topological polar surface area (TPSA) is 57.6 Å². The summed E-state index contributed by atoms with van der Waals surface area (Å²) >= 11 is 6.04. The largest absolute Gasteiger partial charge is 0.507 e. The number of ketones is 1. The molecule has 5 heteroatoms. The molecule has 1 N–H and O–H groups in total. The molecule has 29 heavy (non-hydrogen) atoms. The van der Waals surface area contributed by atoms with Gasteiger partial charge in [-0.15, -0.1) is 0 Å². The Morgan fingerprint density at radius 2 is 1.62 bits per heavy atom. The molecule has 4 rings (SSSR count). The fourth-order valence-electron chi connectivity index (χ4n) is 3.59. The minimum absolute atomic E-state index is 0.0602. The molecule has 1 atom stereocenters. The monoisotopic (exact) mass is 403 g/mol. The number of hydrogen-bond donors (Lipinski definition) is 1. The summed E-state index contributed by atoms with van der Waals surface area (Å²) < 4.78 is 0. The van der Waals surface area contributed by atoms with Crippen LogP contribution < -0.4 is 4.90 Å². The molecule has 0 aliphatic carbocycles. The predicted molar refractivity (Wildman–Crippen MR) is 114 cm³/mol. The molecule has 0 aromatic heterocycles. The van der Waals surface area contributed by atoms with Crippen LogP contribution in [0.15, 0.2) is 84.4 Å². The molecule has 1 heterocycles.